The summed E-state index contributed by atoms with van der Waals surface area (Å²) in [5.74, 6) is -1.06. The van der Waals surface area contributed by atoms with Gasteiger partial charge in [-0.1, -0.05) is 36.4 Å². The second-order valence-corrected chi connectivity index (χ2v) is 11.7. The number of hydrogen-bond acceptors (Lipinski definition) is 8. The number of amides is 2. The first-order valence-electron chi connectivity index (χ1n) is 12.2. The number of rotatable bonds is 9. The van der Waals surface area contributed by atoms with Gasteiger partial charge in [-0.05, 0) is 41.3 Å². The Morgan fingerprint density at radius 2 is 1.72 bits per heavy atom. The molecule has 3 aromatic rings. The SMILES string of the molecule is COC(=O)[C@H](Cc1ccc(OC)cc1)NC(=O)[C@H]1CN(S(=O)(=O)c2ccccc2)CCN1C(=O)c1cccs1. The summed E-state index contributed by atoms with van der Waals surface area (Å²) in [6.07, 6.45) is 0.125. The zero-order valence-corrected chi connectivity index (χ0v) is 23.1. The Kier molecular flexibility index (Phi) is 9.00. The van der Waals surface area contributed by atoms with Gasteiger partial charge >= 0.3 is 5.97 Å². The Labute approximate surface area is 231 Å². The topological polar surface area (TPSA) is 122 Å². The maximum absolute atomic E-state index is 13.7. The largest absolute Gasteiger partial charge is 0.497 e. The highest BCUT2D eigenvalue weighted by atomic mass is 32.2. The zero-order valence-electron chi connectivity index (χ0n) is 21.5. The Hall–Kier alpha value is -3.74. The van der Waals surface area contributed by atoms with Gasteiger partial charge in [0.25, 0.3) is 5.91 Å². The Morgan fingerprint density at radius 3 is 2.33 bits per heavy atom. The molecule has 12 heteroatoms. The smallest absolute Gasteiger partial charge is 0.328 e. The molecule has 4 rings (SSSR count). The number of carbonyl (C=O) groups excluding carboxylic acids is 3. The van der Waals surface area contributed by atoms with Gasteiger partial charge in [-0.3, -0.25) is 9.59 Å². The van der Waals surface area contributed by atoms with Crippen molar-refractivity contribution in [1.29, 1.82) is 0 Å². The molecule has 0 saturated carbocycles. The van der Waals surface area contributed by atoms with E-state index in [0.29, 0.717) is 10.6 Å². The van der Waals surface area contributed by atoms with Crippen LogP contribution in [-0.4, -0.2) is 81.3 Å². The van der Waals surface area contributed by atoms with E-state index in [1.807, 2.05) is 0 Å². The molecule has 2 amide bonds. The van der Waals surface area contributed by atoms with E-state index in [1.54, 1.807) is 67.1 Å². The highest BCUT2D eigenvalue weighted by Gasteiger charge is 2.41. The molecule has 0 bridgehead atoms. The number of piperazine rings is 1. The van der Waals surface area contributed by atoms with Crippen LogP contribution < -0.4 is 10.1 Å². The number of carbonyl (C=O) groups is 3. The van der Waals surface area contributed by atoms with E-state index in [2.05, 4.69) is 5.32 Å². The molecule has 0 unspecified atom stereocenters. The molecule has 39 heavy (non-hydrogen) atoms. The summed E-state index contributed by atoms with van der Waals surface area (Å²) in [5, 5.41) is 4.45. The van der Waals surface area contributed by atoms with Crippen LogP contribution in [0.1, 0.15) is 15.2 Å². The first kappa shape index (κ1) is 28.3. The van der Waals surface area contributed by atoms with Crippen LogP contribution in [0.5, 0.6) is 5.75 Å². The summed E-state index contributed by atoms with van der Waals surface area (Å²) in [6, 6.07) is 16.1. The van der Waals surface area contributed by atoms with Crippen molar-refractivity contribution in [3.05, 3.63) is 82.6 Å². The van der Waals surface area contributed by atoms with Crippen LogP contribution in [0.2, 0.25) is 0 Å². The summed E-state index contributed by atoms with van der Waals surface area (Å²) >= 11 is 1.23. The normalized spacial score (nSPS) is 16.8. The molecule has 0 radical (unpaired) electrons. The zero-order chi connectivity index (χ0) is 28.0. The number of ether oxygens (including phenoxy) is 2. The second kappa shape index (κ2) is 12.4. The molecule has 1 aliphatic rings. The van der Waals surface area contributed by atoms with Crippen LogP contribution in [0, 0.1) is 0 Å². The average molecular weight is 572 g/mol. The molecule has 2 heterocycles. The number of nitrogens with one attached hydrogen (secondary N) is 1. The van der Waals surface area contributed by atoms with Gasteiger partial charge in [0.05, 0.1) is 24.0 Å². The van der Waals surface area contributed by atoms with E-state index >= 15 is 0 Å². The summed E-state index contributed by atoms with van der Waals surface area (Å²) in [4.78, 5) is 41.5. The molecule has 0 spiro atoms. The lowest BCUT2D eigenvalue weighted by Gasteiger charge is -2.40. The number of thiophene rings is 1. The minimum atomic E-state index is -3.92. The molecule has 206 valence electrons. The Bertz CT molecular complexity index is 1390. The first-order valence-corrected chi connectivity index (χ1v) is 14.5. The number of nitrogens with zero attached hydrogens (tertiary/aromatic N) is 2. The fourth-order valence-electron chi connectivity index (χ4n) is 4.33. The van der Waals surface area contributed by atoms with Crippen molar-refractivity contribution in [3.63, 3.8) is 0 Å². The van der Waals surface area contributed by atoms with Crippen molar-refractivity contribution in [2.75, 3.05) is 33.9 Å². The van der Waals surface area contributed by atoms with Crippen molar-refractivity contribution in [1.82, 2.24) is 14.5 Å². The molecule has 1 saturated heterocycles. The lowest BCUT2D eigenvalue weighted by molar-refractivity contribution is -0.145. The Morgan fingerprint density at radius 1 is 1.00 bits per heavy atom. The van der Waals surface area contributed by atoms with Crippen molar-refractivity contribution in [3.8, 4) is 5.75 Å². The van der Waals surface area contributed by atoms with E-state index in [4.69, 9.17) is 9.47 Å². The molecule has 1 aliphatic heterocycles. The molecular weight excluding hydrogens is 542 g/mol. The van der Waals surface area contributed by atoms with Crippen LogP contribution >= 0.6 is 11.3 Å². The molecule has 2 aromatic carbocycles. The van der Waals surface area contributed by atoms with Crippen LogP contribution in [0.4, 0.5) is 0 Å². The summed E-state index contributed by atoms with van der Waals surface area (Å²) in [5.41, 5.74) is 0.745. The molecule has 1 N–H and O–H groups in total. The standard InChI is InChI=1S/C27H29N3O7S2/c1-36-20-12-10-19(11-13-20)17-22(27(33)37-2)28-25(31)23-18-29(39(34,35)21-7-4-3-5-8-21)14-15-30(23)26(32)24-9-6-16-38-24/h3-13,16,22-23H,14-15,17-18H2,1-2H3,(H,28,31)/t22-,23+/m0/s1. The minimum absolute atomic E-state index is 0.00224. The second-order valence-electron chi connectivity index (χ2n) is 8.80. The van der Waals surface area contributed by atoms with E-state index < -0.39 is 34.0 Å². The van der Waals surface area contributed by atoms with Crippen LogP contribution in [-0.2, 0) is 30.8 Å². The van der Waals surface area contributed by atoms with Crippen molar-refractivity contribution >= 4 is 39.1 Å². The predicted octanol–water partition coefficient (Wildman–Crippen LogP) is 2.17. The lowest BCUT2D eigenvalue weighted by Crippen LogP contribution is -2.62. The number of sulfonamides is 1. The molecule has 1 fully saturated rings. The van der Waals surface area contributed by atoms with Gasteiger partial charge in [-0.2, -0.15) is 4.31 Å². The fraction of sp³-hybridized carbons (Fsp3) is 0.296. The minimum Gasteiger partial charge on any atom is -0.497 e. The highest BCUT2D eigenvalue weighted by molar-refractivity contribution is 7.89. The molecule has 2 atom stereocenters. The third-order valence-corrected chi connectivity index (χ3v) is 9.16. The quantitative estimate of drug-likeness (QED) is 0.391. The third-order valence-electron chi connectivity index (χ3n) is 6.42. The van der Waals surface area contributed by atoms with Crippen molar-refractivity contribution in [2.24, 2.45) is 0 Å². The summed E-state index contributed by atoms with van der Waals surface area (Å²) in [7, 11) is -1.16. The van der Waals surface area contributed by atoms with Gasteiger partial charge in [0.15, 0.2) is 0 Å². The Balaban J connectivity index is 1.60. The van der Waals surface area contributed by atoms with Crippen molar-refractivity contribution < 1.29 is 32.3 Å². The summed E-state index contributed by atoms with van der Waals surface area (Å²) in [6.45, 7) is -0.247. The van der Waals surface area contributed by atoms with E-state index in [-0.39, 0.29) is 36.9 Å². The van der Waals surface area contributed by atoms with E-state index in [9.17, 15) is 22.8 Å². The average Bonchev–Trinajstić information content (AvgIpc) is 3.51. The predicted molar refractivity (Wildman–Crippen MR) is 145 cm³/mol. The number of methoxy groups -OCH3 is 2. The highest BCUT2D eigenvalue weighted by Crippen LogP contribution is 2.23. The molecular formula is C27H29N3O7S2. The monoisotopic (exact) mass is 571 g/mol. The maximum atomic E-state index is 13.7. The van der Waals surface area contributed by atoms with Gasteiger partial charge in [-0.25, -0.2) is 13.2 Å². The van der Waals surface area contributed by atoms with Crippen LogP contribution in [0.15, 0.2) is 77.0 Å². The third kappa shape index (κ3) is 6.47. The number of esters is 1. The fourth-order valence-corrected chi connectivity index (χ4v) is 6.47. The number of benzene rings is 2. The van der Waals surface area contributed by atoms with Gasteiger partial charge in [0.1, 0.15) is 17.8 Å². The lowest BCUT2D eigenvalue weighted by atomic mass is 10.0. The van der Waals surface area contributed by atoms with Gasteiger partial charge in [0.2, 0.25) is 15.9 Å². The van der Waals surface area contributed by atoms with E-state index in [0.717, 1.165) is 5.56 Å². The van der Waals surface area contributed by atoms with Crippen LogP contribution in [0.25, 0.3) is 0 Å². The maximum Gasteiger partial charge on any atom is 0.328 e. The van der Waals surface area contributed by atoms with Gasteiger partial charge < -0.3 is 19.7 Å². The first-order chi connectivity index (χ1) is 18.7. The van der Waals surface area contributed by atoms with E-state index in [1.165, 1.54) is 39.8 Å². The van der Waals surface area contributed by atoms with Gasteiger partial charge in [0, 0.05) is 26.1 Å². The van der Waals surface area contributed by atoms with Crippen molar-refractivity contribution in [2.45, 2.75) is 23.4 Å². The van der Waals surface area contributed by atoms with Gasteiger partial charge in [-0.15, -0.1) is 11.3 Å². The summed E-state index contributed by atoms with van der Waals surface area (Å²) < 4.78 is 38.0. The molecule has 0 aliphatic carbocycles. The van der Waals surface area contributed by atoms with Crippen LogP contribution in [0.3, 0.4) is 0 Å². The molecule has 1 aromatic heterocycles. The number of hydrogen-bond donors (Lipinski definition) is 1. The molecule has 10 nitrogen and oxygen atoms in total.